The van der Waals surface area contributed by atoms with E-state index in [-0.39, 0.29) is 12.0 Å². The van der Waals surface area contributed by atoms with Gasteiger partial charge in [-0.1, -0.05) is 6.92 Å². The zero-order valence-corrected chi connectivity index (χ0v) is 11.5. The second kappa shape index (κ2) is 4.96. The summed E-state index contributed by atoms with van der Waals surface area (Å²) in [6, 6.07) is 0.277. The van der Waals surface area contributed by atoms with Gasteiger partial charge in [-0.25, -0.2) is 4.98 Å². The highest BCUT2D eigenvalue weighted by Crippen LogP contribution is 2.31. The van der Waals surface area contributed by atoms with Crippen LogP contribution in [0.1, 0.15) is 32.0 Å². The Kier molecular flexibility index (Phi) is 3.31. The third-order valence-corrected chi connectivity index (χ3v) is 4.58. The van der Waals surface area contributed by atoms with Gasteiger partial charge in [-0.15, -0.1) is 0 Å². The van der Waals surface area contributed by atoms with Crippen LogP contribution in [0.2, 0.25) is 0 Å². The van der Waals surface area contributed by atoms with E-state index < -0.39 is 0 Å². The van der Waals surface area contributed by atoms with Crippen LogP contribution in [0, 0.1) is 11.8 Å². The number of hydrogen-bond donors (Lipinski definition) is 1. The van der Waals surface area contributed by atoms with Crippen molar-refractivity contribution in [3.63, 3.8) is 0 Å². The van der Waals surface area contributed by atoms with Crippen molar-refractivity contribution in [3.05, 3.63) is 18.2 Å². The zero-order valence-electron chi connectivity index (χ0n) is 11.5. The third-order valence-electron chi connectivity index (χ3n) is 4.58. The van der Waals surface area contributed by atoms with Crippen molar-refractivity contribution < 1.29 is 4.79 Å². The lowest BCUT2D eigenvalue weighted by Gasteiger charge is -2.36. The van der Waals surface area contributed by atoms with Crippen LogP contribution in [0.25, 0.3) is 0 Å². The fourth-order valence-corrected chi connectivity index (χ4v) is 3.40. The van der Waals surface area contributed by atoms with Gasteiger partial charge in [0.2, 0.25) is 5.91 Å². The second-order valence-corrected chi connectivity index (χ2v) is 5.95. The van der Waals surface area contributed by atoms with Crippen molar-refractivity contribution in [2.75, 3.05) is 6.54 Å². The first-order valence-corrected chi connectivity index (χ1v) is 7.19. The number of nitrogens with two attached hydrogens (primary N) is 1. The molecule has 19 heavy (non-hydrogen) atoms. The molecule has 0 bridgehead atoms. The number of amides is 1. The van der Waals surface area contributed by atoms with Crippen molar-refractivity contribution >= 4 is 5.91 Å². The second-order valence-electron chi connectivity index (χ2n) is 5.95. The Labute approximate surface area is 113 Å². The van der Waals surface area contributed by atoms with E-state index in [2.05, 4.69) is 16.5 Å². The number of imidazole rings is 1. The van der Waals surface area contributed by atoms with Gasteiger partial charge >= 0.3 is 0 Å². The summed E-state index contributed by atoms with van der Waals surface area (Å²) in [5.74, 6) is 1.85. The maximum atomic E-state index is 12.6. The maximum Gasteiger partial charge on any atom is 0.226 e. The molecule has 1 amide bonds. The van der Waals surface area contributed by atoms with Gasteiger partial charge in [0.1, 0.15) is 5.82 Å². The lowest BCUT2D eigenvalue weighted by molar-refractivity contribution is -0.140. The molecule has 3 rings (SSSR count). The van der Waals surface area contributed by atoms with E-state index in [9.17, 15) is 4.79 Å². The predicted molar refractivity (Wildman–Crippen MR) is 72.1 cm³/mol. The molecule has 1 aliphatic carbocycles. The maximum absolute atomic E-state index is 12.6. The Hall–Kier alpha value is -1.36. The van der Waals surface area contributed by atoms with Gasteiger partial charge < -0.3 is 15.2 Å². The smallest absolute Gasteiger partial charge is 0.226 e. The third kappa shape index (κ3) is 2.39. The van der Waals surface area contributed by atoms with Crippen LogP contribution in [-0.2, 0) is 17.9 Å². The van der Waals surface area contributed by atoms with Crippen molar-refractivity contribution in [3.8, 4) is 0 Å². The quantitative estimate of drug-likeness (QED) is 0.821. The summed E-state index contributed by atoms with van der Waals surface area (Å²) >= 11 is 0. The average Bonchev–Trinajstić information content (AvgIpc) is 2.85. The number of carbonyl (C=O) groups excluding carboxylic acids is 1. The monoisotopic (exact) mass is 262 g/mol. The van der Waals surface area contributed by atoms with Crippen LogP contribution in [0.3, 0.4) is 0 Å². The van der Waals surface area contributed by atoms with Crippen LogP contribution in [-0.4, -0.2) is 32.9 Å². The molecule has 2 N–H and O–H groups in total. The Morgan fingerprint density at radius 1 is 1.42 bits per heavy atom. The molecule has 2 aliphatic rings. The lowest BCUT2D eigenvalue weighted by Crippen LogP contribution is -2.45. The predicted octanol–water partition coefficient (Wildman–Crippen LogP) is 0.989. The molecule has 2 heterocycles. The van der Waals surface area contributed by atoms with Crippen molar-refractivity contribution in [2.45, 2.75) is 45.3 Å². The molecule has 0 saturated heterocycles. The first kappa shape index (κ1) is 12.7. The summed E-state index contributed by atoms with van der Waals surface area (Å²) in [6.45, 7) is 4.48. The molecule has 3 unspecified atom stereocenters. The molecule has 3 atom stereocenters. The molecule has 1 aliphatic heterocycles. The summed E-state index contributed by atoms with van der Waals surface area (Å²) in [5.41, 5.74) is 5.98. The number of rotatable bonds is 1. The van der Waals surface area contributed by atoms with Gasteiger partial charge in [0, 0.05) is 37.4 Å². The van der Waals surface area contributed by atoms with Crippen molar-refractivity contribution in [2.24, 2.45) is 17.6 Å². The van der Waals surface area contributed by atoms with E-state index in [0.717, 1.165) is 38.2 Å². The fraction of sp³-hybridized carbons (Fsp3) is 0.714. The number of hydrogen-bond acceptors (Lipinski definition) is 3. The summed E-state index contributed by atoms with van der Waals surface area (Å²) < 4.78 is 2.13. The van der Waals surface area contributed by atoms with Gasteiger partial charge in [-0.05, 0) is 25.2 Å². The fourth-order valence-electron chi connectivity index (χ4n) is 3.40. The van der Waals surface area contributed by atoms with E-state index in [0.29, 0.717) is 18.4 Å². The number of aromatic nitrogens is 2. The molecule has 0 radical (unpaired) electrons. The minimum atomic E-state index is 0.154. The van der Waals surface area contributed by atoms with Gasteiger partial charge in [0.25, 0.3) is 0 Å². The highest BCUT2D eigenvalue weighted by molar-refractivity contribution is 5.79. The number of nitrogens with zero attached hydrogens (tertiary/aromatic N) is 3. The van der Waals surface area contributed by atoms with E-state index in [4.69, 9.17) is 5.73 Å². The molecule has 1 fully saturated rings. The molecule has 5 heteroatoms. The summed E-state index contributed by atoms with van der Waals surface area (Å²) in [4.78, 5) is 18.9. The van der Waals surface area contributed by atoms with E-state index in [1.54, 1.807) is 0 Å². The number of carbonyl (C=O) groups is 1. The number of fused-ring (bicyclic) bond motifs is 1. The molecular weight excluding hydrogens is 240 g/mol. The normalized spacial score (nSPS) is 31.1. The Bertz CT molecular complexity index is 470. The molecule has 0 spiro atoms. The highest BCUT2D eigenvalue weighted by Gasteiger charge is 2.34. The van der Waals surface area contributed by atoms with Gasteiger partial charge in [0.15, 0.2) is 0 Å². The summed E-state index contributed by atoms with van der Waals surface area (Å²) in [6.07, 6.45) is 6.68. The molecule has 0 aromatic carbocycles. The Morgan fingerprint density at radius 2 is 2.26 bits per heavy atom. The van der Waals surface area contributed by atoms with Crippen molar-refractivity contribution in [1.82, 2.24) is 14.5 Å². The van der Waals surface area contributed by atoms with Crippen LogP contribution >= 0.6 is 0 Å². The van der Waals surface area contributed by atoms with Gasteiger partial charge in [-0.3, -0.25) is 4.79 Å². The minimum Gasteiger partial charge on any atom is -0.333 e. The van der Waals surface area contributed by atoms with E-state index in [1.165, 1.54) is 0 Å². The highest BCUT2D eigenvalue weighted by atomic mass is 16.2. The van der Waals surface area contributed by atoms with E-state index >= 15 is 0 Å². The van der Waals surface area contributed by atoms with Crippen LogP contribution < -0.4 is 5.73 Å². The first-order valence-electron chi connectivity index (χ1n) is 7.19. The van der Waals surface area contributed by atoms with Crippen LogP contribution in [0.5, 0.6) is 0 Å². The molecule has 104 valence electrons. The lowest BCUT2D eigenvalue weighted by atomic mass is 9.77. The molecule has 1 aromatic heterocycles. The molecular formula is C14H22N4O. The molecule has 1 aromatic rings. The minimum absolute atomic E-state index is 0.154. The molecule has 5 nitrogen and oxygen atoms in total. The Morgan fingerprint density at radius 3 is 3.05 bits per heavy atom. The first-order chi connectivity index (χ1) is 9.15. The van der Waals surface area contributed by atoms with Crippen LogP contribution in [0.15, 0.2) is 12.4 Å². The molecule has 1 saturated carbocycles. The van der Waals surface area contributed by atoms with Crippen LogP contribution in [0.4, 0.5) is 0 Å². The standard InChI is InChI=1S/C14H22N4O/c1-10-8-11(15)2-3-12(10)14(19)18-7-6-17-5-4-16-13(17)9-18/h4-5,10-12H,2-3,6-9,15H2,1H3. The summed E-state index contributed by atoms with van der Waals surface area (Å²) in [5, 5.41) is 0. The summed E-state index contributed by atoms with van der Waals surface area (Å²) in [7, 11) is 0. The van der Waals surface area contributed by atoms with E-state index in [1.807, 2.05) is 17.3 Å². The zero-order chi connectivity index (χ0) is 13.4. The largest absolute Gasteiger partial charge is 0.333 e. The topological polar surface area (TPSA) is 64.2 Å². The van der Waals surface area contributed by atoms with Gasteiger partial charge in [-0.2, -0.15) is 0 Å². The average molecular weight is 262 g/mol. The SMILES string of the molecule is CC1CC(N)CCC1C(=O)N1CCn2ccnc2C1. The Balaban J connectivity index is 1.68. The van der Waals surface area contributed by atoms with Gasteiger partial charge in [0.05, 0.1) is 6.54 Å². The van der Waals surface area contributed by atoms with Crippen molar-refractivity contribution in [1.29, 1.82) is 0 Å².